The van der Waals surface area contributed by atoms with Crippen LogP contribution in [0.5, 0.6) is 0 Å². The minimum atomic E-state index is 0. The first-order chi connectivity index (χ1) is 9.86. The zero-order valence-corrected chi connectivity index (χ0v) is 12.5. The zero-order valence-electron chi connectivity index (χ0n) is 11.7. The molecule has 0 N–H and O–H groups in total. The van der Waals surface area contributed by atoms with Crippen molar-refractivity contribution in [1.29, 1.82) is 0 Å². The SMILES string of the molecule is C[n+]1c2ccccc2c(-n2cccc2)c2ccccc21.[Cl-]. The van der Waals surface area contributed by atoms with Crippen LogP contribution in [-0.4, -0.2) is 4.57 Å². The Labute approximate surface area is 129 Å². The molecule has 0 aliphatic heterocycles. The average Bonchev–Trinajstić information content (AvgIpc) is 3.02. The highest BCUT2D eigenvalue weighted by atomic mass is 35.5. The maximum Gasteiger partial charge on any atom is 0.214 e. The maximum absolute atomic E-state index is 2.26. The van der Waals surface area contributed by atoms with E-state index < -0.39 is 0 Å². The third-order valence-electron chi connectivity index (χ3n) is 3.90. The van der Waals surface area contributed by atoms with Gasteiger partial charge in [-0.2, -0.15) is 4.57 Å². The van der Waals surface area contributed by atoms with Gasteiger partial charge in [-0.3, -0.25) is 0 Å². The summed E-state index contributed by atoms with van der Waals surface area (Å²) < 4.78 is 4.46. The summed E-state index contributed by atoms with van der Waals surface area (Å²) in [6, 6.07) is 21.3. The highest BCUT2D eigenvalue weighted by Gasteiger charge is 2.17. The topological polar surface area (TPSA) is 8.81 Å². The highest BCUT2D eigenvalue weighted by molar-refractivity contribution is 6.00. The number of aryl methyl sites for hydroxylation is 1. The van der Waals surface area contributed by atoms with E-state index in [0.717, 1.165) is 0 Å². The van der Waals surface area contributed by atoms with E-state index in [1.54, 1.807) is 0 Å². The maximum atomic E-state index is 2.26. The number of fused-ring (bicyclic) bond motifs is 2. The van der Waals surface area contributed by atoms with Crippen LogP contribution < -0.4 is 17.0 Å². The molecule has 21 heavy (non-hydrogen) atoms. The van der Waals surface area contributed by atoms with Crippen molar-refractivity contribution in [3.05, 3.63) is 73.1 Å². The Hall–Kier alpha value is -2.32. The summed E-state index contributed by atoms with van der Waals surface area (Å²) in [6.07, 6.45) is 4.21. The van der Waals surface area contributed by atoms with E-state index in [0.29, 0.717) is 0 Å². The third kappa shape index (κ3) is 1.99. The minimum Gasteiger partial charge on any atom is -1.00 e. The molecule has 0 atom stereocenters. The second-order valence-electron chi connectivity index (χ2n) is 5.03. The van der Waals surface area contributed by atoms with Crippen LogP contribution in [0.2, 0.25) is 0 Å². The molecule has 0 bridgehead atoms. The number of nitrogens with zero attached hydrogens (tertiary/aromatic N) is 2. The molecule has 0 aliphatic rings. The van der Waals surface area contributed by atoms with Crippen LogP contribution in [-0.2, 0) is 7.05 Å². The van der Waals surface area contributed by atoms with E-state index in [1.807, 2.05) is 0 Å². The van der Waals surface area contributed by atoms with Crippen molar-refractivity contribution in [1.82, 2.24) is 4.57 Å². The molecule has 0 spiro atoms. The fraction of sp³-hybridized carbons (Fsp3) is 0.0556. The lowest BCUT2D eigenvalue weighted by Crippen LogP contribution is -3.00. The van der Waals surface area contributed by atoms with Crippen LogP contribution in [0, 0.1) is 0 Å². The van der Waals surface area contributed by atoms with Crippen molar-refractivity contribution in [2.75, 3.05) is 0 Å². The fourth-order valence-electron chi connectivity index (χ4n) is 2.97. The van der Waals surface area contributed by atoms with Crippen LogP contribution in [0.25, 0.3) is 27.5 Å². The van der Waals surface area contributed by atoms with Crippen LogP contribution >= 0.6 is 0 Å². The molecule has 0 saturated heterocycles. The van der Waals surface area contributed by atoms with Gasteiger partial charge in [0.25, 0.3) is 0 Å². The van der Waals surface area contributed by atoms with Gasteiger partial charge in [0.15, 0.2) is 0 Å². The lowest BCUT2D eigenvalue weighted by atomic mass is 10.1. The Morgan fingerprint density at radius 2 is 1.19 bits per heavy atom. The molecule has 4 aromatic rings. The molecule has 2 nitrogen and oxygen atoms in total. The number of hydrogen-bond acceptors (Lipinski definition) is 0. The van der Waals surface area contributed by atoms with E-state index in [4.69, 9.17) is 0 Å². The lowest BCUT2D eigenvalue weighted by molar-refractivity contribution is -0.617. The van der Waals surface area contributed by atoms with Gasteiger partial charge in [0, 0.05) is 24.5 Å². The first-order valence-electron chi connectivity index (χ1n) is 6.79. The van der Waals surface area contributed by atoms with Gasteiger partial charge in [-0.25, -0.2) is 0 Å². The van der Waals surface area contributed by atoms with Gasteiger partial charge in [0.05, 0.1) is 16.5 Å². The number of aromatic nitrogens is 2. The number of para-hydroxylation sites is 2. The van der Waals surface area contributed by atoms with Crippen molar-refractivity contribution in [2.24, 2.45) is 7.05 Å². The van der Waals surface area contributed by atoms with Gasteiger partial charge in [0.1, 0.15) is 7.05 Å². The molecule has 0 radical (unpaired) electrons. The molecule has 0 aliphatic carbocycles. The van der Waals surface area contributed by atoms with Gasteiger partial charge in [0.2, 0.25) is 11.0 Å². The predicted molar refractivity (Wildman–Crippen MR) is 82.0 cm³/mol. The van der Waals surface area contributed by atoms with Gasteiger partial charge in [-0.15, -0.1) is 0 Å². The zero-order chi connectivity index (χ0) is 13.5. The Balaban J connectivity index is 0.00000132. The second-order valence-corrected chi connectivity index (χ2v) is 5.03. The van der Waals surface area contributed by atoms with E-state index in [9.17, 15) is 0 Å². The van der Waals surface area contributed by atoms with E-state index in [2.05, 4.69) is 89.2 Å². The Morgan fingerprint density at radius 3 is 1.71 bits per heavy atom. The van der Waals surface area contributed by atoms with Crippen molar-refractivity contribution >= 4 is 21.8 Å². The molecule has 2 heterocycles. The Bertz CT molecular complexity index is 854. The van der Waals surface area contributed by atoms with Gasteiger partial charge in [-0.1, -0.05) is 24.3 Å². The van der Waals surface area contributed by atoms with Gasteiger partial charge >= 0.3 is 0 Å². The van der Waals surface area contributed by atoms with E-state index in [-0.39, 0.29) is 12.4 Å². The summed E-state index contributed by atoms with van der Waals surface area (Å²) in [7, 11) is 2.13. The second kappa shape index (κ2) is 5.23. The van der Waals surface area contributed by atoms with Crippen molar-refractivity contribution < 1.29 is 17.0 Å². The molecule has 3 heteroatoms. The molecular weight excluding hydrogens is 280 g/mol. The summed E-state index contributed by atoms with van der Waals surface area (Å²) in [5, 5.41) is 2.54. The fourth-order valence-corrected chi connectivity index (χ4v) is 2.97. The Morgan fingerprint density at radius 1 is 0.714 bits per heavy atom. The van der Waals surface area contributed by atoms with E-state index in [1.165, 1.54) is 27.5 Å². The third-order valence-corrected chi connectivity index (χ3v) is 3.90. The van der Waals surface area contributed by atoms with Gasteiger partial charge in [-0.05, 0) is 24.3 Å². The monoisotopic (exact) mass is 294 g/mol. The first kappa shape index (κ1) is 13.7. The molecule has 104 valence electrons. The highest BCUT2D eigenvalue weighted by Crippen LogP contribution is 2.27. The number of hydrogen-bond donors (Lipinski definition) is 0. The quantitative estimate of drug-likeness (QED) is 0.359. The van der Waals surface area contributed by atoms with Crippen molar-refractivity contribution in [3.8, 4) is 5.69 Å². The summed E-state index contributed by atoms with van der Waals surface area (Å²) in [5.74, 6) is 0. The average molecular weight is 295 g/mol. The predicted octanol–water partition coefficient (Wildman–Crippen LogP) is 0.612. The van der Waals surface area contributed by atoms with Crippen LogP contribution in [0.1, 0.15) is 0 Å². The van der Waals surface area contributed by atoms with E-state index >= 15 is 0 Å². The molecular formula is C18H15ClN2. The summed E-state index contributed by atoms with van der Waals surface area (Å²) in [4.78, 5) is 0. The largest absolute Gasteiger partial charge is 1.00 e. The summed E-state index contributed by atoms with van der Waals surface area (Å²) in [5.41, 5.74) is 3.74. The Kier molecular flexibility index (Phi) is 3.40. The molecule has 4 rings (SSSR count). The van der Waals surface area contributed by atoms with Crippen molar-refractivity contribution in [2.45, 2.75) is 0 Å². The molecule has 0 amide bonds. The normalized spacial score (nSPS) is 10.7. The van der Waals surface area contributed by atoms with Crippen LogP contribution in [0.3, 0.4) is 0 Å². The molecule has 0 saturated carbocycles. The molecule has 0 fully saturated rings. The number of halogens is 1. The first-order valence-corrected chi connectivity index (χ1v) is 6.79. The number of benzene rings is 2. The van der Waals surface area contributed by atoms with Crippen LogP contribution in [0.15, 0.2) is 73.1 Å². The smallest absolute Gasteiger partial charge is 0.214 e. The molecule has 0 unspecified atom stereocenters. The van der Waals surface area contributed by atoms with Gasteiger partial charge < -0.3 is 17.0 Å². The minimum absolute atomic E-state index is 0. The number of rotatable bonds is 1. The summed E-state index contributed by atoms with van der Waals surface area (Å²) in [6.45, 7) is 0. The van der Waals surface area contributed by atoms with Crippen LogP contribution in [0.4, 0.5) is 0 Å². The standard InChI is InChI=1S/C18H15N2.ClH/c1-19-16-10-4-2-8-14(16)18(20-12-6-7-13-20)15-9-3-5-11-17(15)19;/h2-13H,1H3;1H/q+1;/p-1. The lowest BCUT2D eigenvalue weighted by Gasteiger charge is -2.11. The molecule has 2 aromatic carbocycles. The summed E-state index contributed by atoms with van der Waals surface area (Å²) >= 11 is 0. The molecule has 2 aromatic heterocycles. The number of pyridine rings is 1. The van der Waals surface area contributed by atoms with Crippen molar-refractivity contribution in [3.63, 3.8) is 0 Å².